The number of furan rings is 1. The number of nitrogens with zero attached hydrogens (tertiary/aromatic N) is 2. The molecule has 0 saturated heterocycles. The zero-order valence-electron chi connectivity index (χ0n) is 14.3. The molecule has 0 saturated carbocycles. The van der Waals surface area contributed by atoms with Crippen LogP contribution in [0.3, 0.4) is 0 Å². The minimum atomic E-state index is -0.227. The number of benzene rings is 1. The molecule has 0 aliphatic rings. The lowest BCUT2D eigenvalue weighted by Crippen LogP contribution is -2.28. The summed E-state index contributed by atoms with van der Waals surface area (Å²) in [7, 11) is 0. The van der Waals surface area contributed by atoms with Crippen LogP contribution in [0.2, 0.25) is 0 Å². The van der Waals surface area contributed by atoms with E-state index < -0.39 is 0 Å². The Morgan fingerprint density at radius 3 is 2.71 bits per heavy atom. The maximum absolute atomic E-state index is 12.2. The average molecular weight is 325 g/mol. The van der Waals surface area contributed by atoms with Crippen molar-refractivity contribution in [2.24, 2.45) is 5.92 Å². The second-order valence-corrected chi connectivity index (χ2v) is 6.47. The number of amides is 1. The monoisotopic (exact) mass is 325 g/mol. The molecule has 126 valence electrons. The molecule has 1 aromatic carbocycles. The summed E-state index contributed by atoms with van der Waals surface area (Å²) in [5.41, 5.74) is 2.06. The van der Waals surface area contributed by atoms with E-state index in [-0.39, 0.29) is 11.9 Å². The topological polar surface area (TPSA) is 60.1 Å². The number of fused-ring (bicyclic) bond motifs is 1. The fourth-order valence-corrected chi connectivity index (χ4v) is 2.79. The molecule has 2 aromatic heterocycles. The molecule has 0 spiro atoms. The van der Waals surface area contributed by atoms with Crippen molar-refractivity contribution in [3.05, 3.63) is 54.2 Å². The van der Waals surface area contributed by atoms with E-state index >= 15 is 0 Å². The molecule has 5 nitrogen and oxygen atoms in total. The summed E-state index contributed by atoms with van der Waals surface area (Å²) in [6, 6.07) is 11.2. The predicted octanol–water partition coefficient (Wildman–Crippen LogP) is 4.17. The molecule has 3 aromatic rings. The van der Waals surface area contributed by atoms with Crippen molar-refractivity contribution in [2.45, 2.75) is 39.8 Å². The Kier molecular flexibility index (Phi) is 4.69. The number of aromatic nitrogens is 2. The zero-order valence-corrected chi connectivity index (χ0v) is 14.3. The molecule has 5 heteroatoms. The predicted molar refractivity (Wildman–Crippen MR) is 93.8 cm³/mol. The quantitative estimate of drug-likeness (QED) is 0.740. The minimum absolute atomic E-state index is 0.206. The second-order valence-electron chi connectivity index (χ2n) is 6.47. The lowest BCUT2D eigenvalue weighted by atomic mass is 10.1. The molecule has 1 N–H and O–H groups in total. The van der Waals surface area contributed by atoms with E-state index in [1.54, 1.807) is 12.1 Å². The van der Waals surface area contributed by atoms with E-state index in [1.807, 2.05) is 25.1 Å². The number of hydrogen-bond acceptors (Lipinski definition) is 3. The number of imidazole rings is 1. The Balaban J connectivity index is 1.89. The van der Waals surface area contributed by atoms with E-state index in [2.05, 4.69) is 29.8 Å². The largest absolute Gasteiger partial charge is 0.459 e. The van der Waals surface area contributed by atoms with Gasteiger partial charge in [0.1, 0.15) is 5.82 Å². The second kappa shape index (κ2) is 6.91. The van der Waals surface area contributed by atoms with E-state index in [0.29, 0.717) is 11.7 Å². The number of carbonyl (C=O) groups excluding carboxylic acids is 1. The molecule has 24 heavy (non-hydrogen) atoms. The molecule has 0 fully saturated rings. The maximum Gasteiger partial charge on any atom is 0.287 e. The van der Waals surface area contributed by atoms with Crippen LogP contribution in [0.4, 0.5) is 0 Å². The van der Waals surface area contributed by atoms with Crippen LogP contribution in [0.15, 0.2) is 47.1 Å². The first kappa shape index (κ1) is 16.3. The highest BCUT2D eigenvalue weighted by Gasteiger charge is 2.20. The standard InChI is InChI=1S/C19H23N3O2/c1-13(2)10-11-22-16-8-5-4-7-15(16)21-18(22)14(3)20-19(23)17-9-6-12-24-17/h4-9,12-14H,10-11H2,1-3H3,(H,20,23)/t14-/m0/s1. The summed E-state index contributed by atoms with van der Waals surface area (Å²) in [5, 5.41) is 2.97. The van der Waals surface area contributed by atoms with Gasteiger partial charge in [-0.1, -0.05) is 26.0 Å². The number of nitrogens with one attached hydrogen (secondary N) is 1. The van der Waals surface area contributed by atoms with Crippen molar-refractivity contribution in [2.75, 3.05) is 0 Å². The molecule has 0 aliphatic heterocycles. The van der Waals surface area contributed by atoms with E-state index in [0.717, 1.165) is 29.8 Å². The molecule has 3 rings (SSSR count). The zero-order chi connectivity index (χ0) is 17.1. The van der Waals surface area contributed by atoms with Gasteiger partial charge in [0, 0.05) is 6.54 Å². The van der Waals surface area contributed by atoms with Crippen LogP contribution in [-0.4, -0.2) is 15.5 Å². The lowest BCUT2D eigenvalue weighted by molar-refractivity contribution is 0.0909. The Morgan fingerprint density at radius 2 is 2.00 bits per heavy atom. The summed E-state index contributed by atoms with van der Waals surface area (Å²) in [6.45, 7) is 7.25. The summed E-state index contributed by atoms with van der Waals surface area (Å²) in [5.74, 6) is 1.56. The van der Waals surface area contributed by atoms with Gasteiger partial charge >= 0.3 is 0 Å². The molecule has 0 aliphatic carbocycles. The molecule has 1 atom stereocenters. The Bertz CT molecular complexity index is 818. The average Bonchev–Trinajstić information content (AvgIpc) is 3.20. The first-order valence-corrected chi connectivity index (χ1v) is 8.35. The van der Waals surface area contributed by atoms with Crippen molar-refractivity contribution in [1.29, 1.82) is 0 Å². The third kappa shape index (κ3) is 3.35. The number of hydrogen-bond donors (Lipinski definition) is 1. The number of aryl methyl sites for hydroxylation is 1. The maximum atomic E-state index is 12.2. The van der Waals surface area contributed by atoms with Crippen LogP contribution >= 0.6 is 0 Å². The molecule has 0 bridgehead atoms. The summed E-state index contributed by atoms with van der Waals surface area (Å²) < 4.78 is 7.37. The van der Waals surface area contributed by atoms with E-state index in [1.165, 1.54) is 6.26 Å². The van der Waals surface area contributed by atoms with Crippen molar-refractivity contribution in [3.63, 3.8) is 0 Å². The normalized spacial score (nSPS) is 12.7. The van der Waals surface area contributed by atoms with Gasteiger partial charge in [0.05, 0.1) is 23.3 Å². The summed E-state index contributed by atoms with van der Waals surface area (Å²) in [6.07, 6.45) is 2.56. The van der Waals surface area contributed by atoms with Gasteiger partial charge in [0.2, 0.25) is 0 Å². The van der Waals surface area contributed by atoms with Gasteiger partial charge in [0.25, 0.3) is 5.91 Å². The first-order chi connectivity index (χ1) is 11.6. The van der Waals surface area contributed by atoms with Gasteiger partial charge in [-0.2, -0.15) is 0 Å². The summed E-state index contributed by atoms with van der Waals surface area (Å²) in [4.78, 5) is 17.0. The van der Waals surface area contributed by atoms with Crippen LogP contribution < -0.4 is 5.32 Å². The van der Waals surface area contributed by atoms with Crippen molar-refractivity contribution >= 4 is 16.9 Å². The fourth-order valence-electron chi connectivity index (χ4n) is 2.79. The van der Waals surface area contributed by atoms with Gasteiger partial charge in [0.15, 0.2) is 5.76 Å². The third-order valence-corrected chi connectivity index (χ3v) is 4.09. The number of para-hydroxylation sites is 2. The highest BCUT2D eigenvalue weighted by molar-refractivity contribution is 5.91. The molecular formula is C19H23N3O2. The molecule has 0 radical (unpaired) electrons. The number of rotatable bonds is 6. The summed E-state index contributed by atoms with van der Waals surface area (Å²) >= 11 is 0. The van der Waals surface area contributed by atoms with Gasteiger partial charge in [-0.15, -0.1) is 0 Å². The SMILES string of the molecule is CC(C)CCn1c([C@H](C)NC(=O)c2ccco2)nc2ccccc21. The van der Waals surface area contributed by atoms with Crippen molar-refractivity contribution in [3.8, 4) is 0 Å². The van der Waals surface area contributed by atoms with Crippen LogP contribution in [-0.2, 0) is 6.54 Å². The van der Waals surface area contributed by atoms with E-state index in [9.17, 15) is 4.79 Å². The van der Waals surface area contributed by atoms with Gasteiger partial charge in [-0.05, 0) is 43.5 Å². The van der Waals surface area contributed by atoms with Gasteiger partial charge in [-0.3, -0.25) is 4.79 Å². The smallest absolute Gasteiger partial charge is 0.287 e. The lowest BCUT2D eigenvalue weighted by Gasteiger charge is -2.16. The van der Waals surface area contributed by atoms with Crippen molar-refractivity contribution < 1.29 is 9.21 Å². The Hall–Kier alpha value is -2.56. The highest BCUT2D eigenvalue weighted by Crippen LogP contribution is 2.22. The van der Waals surface area contributed by atoms with Gasteiger partial charge < -0.3 is 14.3 Å². The third-order valence-electron chi connectivity index (χ3n) is 4.09. The highest BCUT2D eigenvalue weighted by atomic mass is 16.3. The van der Waals surface area contributed by atoms with Crippen LogP contribution in [0.25, 0.3) is 11.0 Å². The minimum Gasteiger partial charge on any atom is -0.459 e. The van der Waals surface area contributed by atoms with Crippen molar-refractivity contribution in [1.82, 2.24) is 14.9 Å². The fraction of sp³-hybridized carbons (Fsp3) is 0.368. The van der Waals surface area contributed by atoms with E-state index in [4.69, 9.17) is 9.40 Å². The van der Waals surface area contributed by atoms with Crippen LogP contribution in [0.1, 0.15) is 49.6 Å². The van der Waals surface area contributed by atoms with Crippen LogP contribution in [0.5, 0.6) is 0 Å². The van der Waals surface area contributed by atoms with Gasteiger partial charge in [-0.25, -0.2) is 4.98 Å². The Morgan fingerprint density at radius 1 is 1.21 bits per heavy atom. The first-order valence-electron chi connectivity index (χ1n) is 8.35. The molecular weight excluding hydrogens is 302 g/mol. The number of carbonyl (C=O) groups is 1. The Labute approximate surface area is 141 Å². The molecule has 0 unspecified atom stereocenters. The molecule has 1 amide bonds. The van der Waals surface area contributed by atoms with Crippen LogP contribution in [0, 0.1) is 5.92 Å². The molecule has 2 heterocycles.